The molecule has 2 amide bonds. The number of pyridine rings is 1. The van der Waals surface area contributed by atoms with Crippen molar-refractivity contribution in [3.8, 4) is 22.2 Å². The largest absolute Gasteiger partial charge is 0.496 e. The van der Waals surface area contributed by atoms with Crippen LogP contribution in [0.4, 0.5) is 10.1 Å². The van der Waals surface area contributed by atoms with Crippen LogP contribution in [0.15, 0.2) is 60.0 Å². The van der Waals surface area contributed by atoms with Gasteiger partial charge in [-0.25, -0.2) is 19.2 Å². The van der Waals surface area contributed by atoms with E-state index in [-0.39, 0.29) is 42.9 Å². The summed E-state index contributed by atoms with van der Waals surface area (Å²) in [7, 11) is 1.61. The number of hydrogen-bond donors (Lipinski definition) is 3. The maximum absolute atomic E-state index is 14.6. The lowest BCUT2D eigenvalue weighted by Crippen LogP contribution is -2.55. The third-order valence-electron chi connectivity index (χ3n) is 10.8. The van der Waals surface area contributed by atoms with Crippen LogP contribution in [0.25, 0.3) is 21.6 Å². The van der Waals surface area contributed by atoms with Gasteiger partial charge in [-0.05, 0) is 74.9 Å². The van der Waals surface area contributed by atoms with Crippen molar-refractivity contribution in [1.29, 1.82) is 0 Å². The van der Waals surface area contributed by atoms with Crippen molar-refractivity contribution in [2.24, 2.45) is 5.92 Å². The van der Waals surface area contributed by atoms with Crippen LogP contribution < -0.4 is 20.1 Å². The van der Waals surface area contributed by atoms with E-state index in [0.29, 0.717) is 34.8 Å². The molecule has 0 spiro atoms. The Morgan fingerprint density at radius 3 is 2.63 bits per heavy atom. The Morgan fingerprint density at radius 1 is 1.11 bits per heavy atom. The number of fused-ring (bicyclic) bond motifs is 3. The van der Waals surface area contributed by atoms with Gasteiger partial charge < -0.3 is 30.1 Å². The molecule has 2 fully saturated rings. The Morgan fingerprint density at radius 2 is 1.91 bits per heavy atom. The Kier molecular flexibility index (Phi) is 10.6. The van der Waals surface area contributed by atoms with Gasteiger partial charge in [0.1, 0.15) is 51.7 Å². The summed E-state index contributed by atoms with van der Waals surface area (Å²) in [5.74, 6) is -1.22. The predicted molar refractivity (Wildman–Crippen MR) is 205 cm³/mol. The van der Waals surface area contributed by atoms with E-state index in [0.717, 1.165) is 47.3 Å². The van der Waals surface area contributed by atoms with Crippen molar-refractivity contribution in [2.45, 2.75) is 95.4 Å². The second-order valence-corrected chi connectivity index (χ2v) is 15.7. The molecule has 54 heavy (non-hydrogen) atoms. The lowest BCUT2D eigenvalue weighted by molar-refractivity contribution is -0.145. The summed E-state index contributed by atoms with van der Waals surface area (Å²) in [5.41, 5.74) is 2.26. The number of carbonyl (C=O) groups is 3. The van der Waals surface area contributed by atoms with Crippen LogP contribution in [-0.2, 0) is 14.4 Å². The first kappa shape index (κ1) is 37.3. The van der Waals surface area contributed by atoms with Gasteiger partial charge in [0.25, 0.3) is 0 Å². The standard InChI is InChI=1S/C41H46FN5O6S/c1-23(2)32-22-54-38(45-32)31-19-35(29-16-17-34(52-4)24(3)36(29)44-31)53-28-18-33-37(48)46-41(40(50)51)20-25(41)10-8-6-5-7-9-11-30(39(49)47(33)21-28)43-27-14-12-26(42)13-15-27/h8,10,12-17,19,22-23,25,28,30,33,43H,5-7,9,11,18,20-21H2,1-4H3,(H,46,48)(H,50,51)/t25-,28-,30+,33+,41-/m1/s1. The Balaban J connectivity index is 1.25. The van der Waals surface area contributed by atoms with Crippen molar-refractivity contribution < 1.29 is 33.4 Å². The van der Waals surface area contributed by atoms with E-state index in [4.69, 9.17) is 19.4 Å². The molecule has 2 aromatic heterocycles. The summed E-state index contributed by atoms with van der Waals surface area (Å²) in [6, 6.07) is 9.74. The molecule has 4 aromatic rings. The van der Waals surface area contributed by atoms with Crippen molar-refractivity contribution >= 4 is 45.7 Å². The van der Waals surface area contributed by atoms with E-state index in [9.17, 15) is 23.9 Å². The number of carbonyl (C=O) groups excluding carboxylic acids is 2. The topological polar surface area (TPSA) is 143 Å². The molecule has 4 heterocycles. The van der Waals surface area contributed by atoms with Gasteiger partial charge in [-0.1, -0.05) is 38.8 Å². The molecule has 3 aliphatic rings. The average molecular weight is 756 g/mol. The number of methoxy groups -OCH3 is 1. The lowest BCUT2D eigenvalue weighted by Gasteiger charge is -2.30. The number of thiazole rings is 1. The van der Waals surface area contributed by atoms with Crippen molar-refractivity contribution in [2.75, 3.05) is 19.0 Å². The Hall–Kier alpha value is -5.04. The summed E-state index contributed by atoms with van der Waals surface area (Å²) in [6.45, 7) is 6.20. The first-order valence-corrected chi connectivity index (χ1v) is 19.5. The number of amides is 2. The number of allylic oxidation sites excluding steroid dienone is 1. The Labute approximate surface area is 318 Å². The van der Waals surface area contributed by atoms with E-state index in [1.165, 1.54) is 28.4 Å². The summed E-state index contributed by atoms with van der Waals surface area (Å²) in [4.78, 5) is 52.8. The third kappa shape index (κ3) is 7.51. The molecule has 2 aromatic carbocycles. The number of carboxylic acid groups (broad SMARTS) is 1. The summed E-state index contributed by atoms with van der Waals surface area (Å²) < 4.78 is 26.2. The second kappa shape index (κ2) is 15.4. The van der Waals surface area contributed by atoms with Crippen molar-refractivity contribution in [3.63, 3.8) is 0 Å². The summed E-state index contributed by atoms with van der Waals surface area (Å²) in [6.07, 6.45) is 7.44. The number of nitrogens with one attached hydrogen (secondary N) is 2. The molecule has 1 saturated carbocycles. The highest BCUT2D eigenvalue weighted by molar-refractivity contribution is 7.13. The maximum atomic E-state index is 14.6. The minimum Gasteiger partial charge on any atom is -0.496 e. The zero-order chi connectivity index (χ0) is 38.1. The lowest BCUT2D eigenvalue weighted by atomic mass is 10.0. The van der Waals surface area contributed by atoms with Crippen LogP contribution in [-0.4, -0.2) is 75.1 Å². The number of benzene rings is 2. The number of aryl methyl sites for hydroxylation is 1. The van der Waals surface area contributed by atoms with Crippen LogP contribution in [0, 0.1) is 18.7 Å². The highest BCUT2D eigenvalue weighted by Crippen LogP contribution is 2.46. The number of halogens is 1. The molecule has 13 heteroatoms. The van der Waals surface area contributed by atoms with Gasteiger partial charge in [0.2, 0.25) is 11.8 Å². The molecular weight excluding hydrogens is 710 g/mol. The smallest absolute Gasteiger partial charge is 0.330 e. The average Bonchev–Trinajstić information content (AvgIpc) is 3.44. The fourth-order valence-corrected chi connectivity index (χ4v) is 8.49. The maximum Gasteiger partial charge on any atom is 0.330 e. The number of aliphatic carboxylic acids is 1. The van der Waals surface area contributed by atoms with Gasteiger partial charge >= 0.3 is 5.97 Å². The minimum atomic E-state index is -1.43. The fraction of sp³-hybridized carbons (Fsp3) is 0.439. The van der Waals surface area contributed by atoms with Crippen molar-refractivity contribution in [3.05, 3.63) is 77.1 Å². The molecule has 0 radical (unpaired) electrons. The SMILES string of the molecule is COc1ccc2c(O[C@@H]3C[C@H]4C(=O)N[C@]5(C(=O)O)C[C@H]5C=CCCCCC[C@H](Nc5ccc(F)cc5)C(=O)N4C3)cc(-c3nc(C(C)C)cs3)nc2c1C. The number of anilines is 1. The van der Waals surface area contributed by atoms with Crippen LogP contribution in [0.2, 0.25) is 0 Å². The van der Waals surface area contributed by atoms with Gasteiger partial charge in [0, 0.05) is 40.4 Å². The predicted octanol–water partition coefficient (Wildman–Crippen LogP) is 7.25. The molecule has 2 aliphatic heterocycles. The second-order valence-electron chi connectivity index (χ2n) is 14.9. The monoisotopic (exact) mass is 755 g/mol. The minimum absolute atomic E-state index is 0.0883. The van der Waals surface area contributed by atoms with Crippen LogP contribution >= 0.6 is 11.3 Å². The molecule has 1 aliphatic carbocycles. The summed E-state index contributed by atoms with van der Waals surface area (Å²) in [5, 5.41) is 19.9. The fourth-order valence-electron chi connectivity index (χ4n) is 7.55. The molecule has 3 N–H and O–H groups in total. The molecule has 7 rings (SSSR count). The highest BCUT2D eigenvalue weighted by atomic mass is 32.1. The molecule has 1 saturated heterocycles. The molecule has 11 nitrogen and oxygen atoms in total. The van der Waals surface area contributed by atoms with E-state index in [2.05, 4.69) is 24.5 Å². The molecule has 284 valence electrons. The van der Waals surface area contributed by atoms with Crippen LogP contribution in [0.3, 0.4) is 0 Å². The first-order chi connectivity index (χ1) is 26.0. The number of carboxylic acids is 1. The highest BCUT2D eigenvalue weighted by Gasteiger charge is 2.61. The molecular formula is C41H46FN5O6S. The first-order valence-electron chi connectivity index (χ1n) is 18.6. The summed E-state index contributed by atoms with van der Waals surface area (Å²) >= 11 is 1.50. The molecule has 5 atom stereocenters. The van der Waals surface area contributed by atoms with Gasteiger partial charge in [0.05, 0.1) is 24.9 Å². The zero-order valence-electron chi connectivity index (χ0n) is 30.9. The van der Waals surface area contributed by atoms with Crippen LogP contribution in [0.5, 0.6) is 11.5 Å². The van der Waals surface area contributed by atoms with E-state index >= 15 is 0 Å². The van der Waals surface area contributed by atoms with Crippen molar-refractivity contribution in [1.82, 2.24) is 20.2 Å². The number of aromatic nitrogens is 2. The quantitative estimate of drug-likeness (QED) is 0.159. The van der Waals surface area contributed by atoms with E-state index < -0.39 is 35.6 Å². The zero-order valence-corrected chi connectivity index (χ0v) is 31.7. The number of ether oxygens (including phenoxy) is 2. The van der Waals surface area contributed by atoms with E-state index in [1.54, 1.807) is 19.2 Å². The van der Waals surface area contributed by atoms with Gasteiger partial charge in [0.15, 0.2) is 0 Å². The van der Waals surface area contributed by atoms with E-state index in [1.807, 2.05) is 42.7 Å². The van der Waals surface area contributed by atoms with Gasteiger partial charge in [-0.2, -0.15) is 0 Å². The third-order valence-corrected chi connectivity index (χ3v) is 11.7. The number of hydrogen-bond acceptors (Lipinski definition) is 9. The normalized spacial score (nSPS) is 24.7. The molecule has 0 unspecified atom stereocenters. The molecule has 0 bridgehead atoms. The number of nitrogens with zero attached hydrogens (tertiary/aromatic N) is 3. The Bertz CT molecular complexity index is 2090. The van der Waals surface area contributed by atoms with Crippen LogP contribution in [0.1, 0.15) is 76.0 Å². The number of rotatable bonds is 8. The van der Waals surface area contributed by atoms with Gasteiger partial charge in [-0.15, -0.1) is 11.3 Å². The van der Waals surface area contributed by atoms with Gasteiger partial charge in [-0.3, -0.25) is 9.59 Å².